The molecule has 1 atom stereocenters. The molecule has 0 heterocycles. The highest BCUT2D eigenvalue weighted by Crippen LogP contribution is 2.45. The number of hydrogen-bond donors (Lipinski definition) is 2. The van der Waals surface area contributed by atoms with Crippen molar-refractivity contribution in [2.75, 3.05) is 21.3 Å². The number of para-hydroxylation sites is 1. The Labute approximate surface area is 222 Å². The first-order valence-electron chi connectivity index (χ1n) is 12.7. The van der Waals surface area contributed by atoms with Crippen molar-refractivity contribution >= 4 is 0 Å². The van der Waals surface area contributed by atoms with E-state index in [-0.39, 0.29) is 10.8 Å². The van der Waals surface area contributed by atoms with Gasteiger partial charge in [0.1, 0.15) is 22.8 Å². The van der Waals surface area contributed by atoms with Crippen LogP contribution in [0.5, 0.6) is 17.2 Å². The summed E-state index contributed by atoms with van der Waals surface area (Å²) >= 11 is 0. The van der Waals surface area contributed by atoms with E-state index < -0.39 is 11.6 Å². The Balaban J connectivity index is 2.37. The van der Waals surface area contributed by atoms with Crippen LogP contribution in [0.1, 0.15) is 69.4 Å². The Bertz CT molecular complexity index is 1150. The summed E-state index contributed by atoms with van der Waals surface area (Å²) in [4.78, 5) is 0. The normalized spacial score (nSPS) is 13.3. The molecule has 3 aromatic rings. The Morgan fingerprint density at radius 1 is 0.676 bits per heavy atom. The maximum absolute atomic E-state index is 12.9. The van der Waals surface area contributed by atoms with Crippen molar-refractivity contribution in [2.45, 2.75) is 70.4 Å². The van der Waals surface area contributed by atoms with Gasteiger partial charge in [0.05, 0.1) is 21.3 Å². The lowest BCUT2D eigenvalue weighted by molar-refractivity contribution is 0.0463. The van der Waals surface area contributed by atoms with E-state index in [4.69, 9.17) is 19.9 Å². The van der Waals surface area contributed by atoms with Gasteiger partial charge in [0, 0.05) is 17.2 Å². The van der Waals surface area contributed by atoms with Crippen LogP contribution in [0.25, 0.3) is 0 Å². The van der Waals surface area contributed by atoms with Crippen LogP contribution in [-0.4, -0.2) is 32.5 Å². The number of nitrogens with two attached hydrogens (primary N) is 1. The number of methoxy groups -OCH3 is 3. The fourth-order valence-electron chi connectivity index (χ4n) is 4.75. The van der Waals surface area contributed by atoms with Crippen LogP contribution in [0.15, 0.2) is 60.7 Å². The smallest absolute Gasteiger partial charge is 0.137 e. The molecule has 37 heavy (non-hydrogen) atoms. The van der Waals surface area contributed by atoms with Gasteiger partial charge in [-0.15, -0.1) is 0 Å². The third-order valence-corrected chi connectivity index (χ3v) is 7.12. The largest absolute Gasteiger partial charge is 0.496 e. The molecule has 0 aliphatic rings. The number of ether oxygens (including phenoxy) is 3. The van der Waals surface area contributed by atoms with Crippen LogP contribution in [0.2, 0.25) is 0 Å². The summed E-state index contributed by atoms with van der Waals surface area (Å²) in [6.07, 6.45) is 0.367. The molecule has 0 saturated heterocycles. The lowest BCUT2D eigenvalue weighted by atomic mass is 9.73. The fraction of sp³-hybridized carbons (Fsp3) is 0.438. The Hall–Kier alpha value is -3.02. The molecule has 0 aliphatic heterocycles. The Kier molecular flexibility index (Phi) is 8.31. The second-order valence-corrected chi connectivity index (χ2v) is 11.7. The number of aliphatic hydroxyl groups is 1. The van der Waals surface area contributed by atoms with E-state index in [9.17, 15) is 5.11 Å². The maximum atomic E-state index is 12.9. The summed E-state index contributed by atoms with van der Waals surface area (Å²) in [6, 6.07) is 18.9. The average Bonchev–Trinajstić information content (AvgIpc) is 2.86. The molecule has 200 valence electrons. The standard InChI is InChI=1S/C32H43NO4/c1-30(2,3)22-14-16-27(36-8)24(19-22)32(34,29(33)18-21-12-10-11-13-26(21)35-7)25-20-23(31(4,5)6)15-17-28(25)37-9/h10-17,19-20,29,34H,18,33H2,1-9H3. The van der Waals surface area contributed by atoms with Gasteiger partial charge in [-0.05, 0) is 64.3 Å². The fourth-order valence-corrected chi connectivity index (χ4v) is 4.75. The SMILES string of the molecule is COc1ccccc1CC(N)C(O)(c1cc(C(C)(C)C)ccc1OC)c1cc(C(C)(C)C)ccc1OC. The number of benzene rings is 3. The van der Waals surface area contributed by atoms with Crippen LogP contribution in [0, 0.1) is 0 Å². The van der Waals surface area contributed by atoms with Crippen LogP contribution >= 0.6 is 0 Å². The average molecular weight is 506 g/mol. The molecule has 5 nitrogen and oxygen atoms in total. The molecule has 5 heteroatoms. The van der Waals surface area contributed by atoms with E-state index in [0.29, 0.717) is 29.0 Å². The molecule has 0 spiro atoms. The van der Waals surface area contributed by atoms with Gasteiger partial charge in [0.15, 0.2) is 0 Å². The van der Waals surface area contributed by atoms with Gasteiger partial charge in [-0.3, -0.25) is 0 Å². The van der Waals surface area contributed by atoms with Gasteiger partial charge in [0.2, 0.25) is 0 Å². The minimum atomic E-state index is -1.64. The molecule has 0 aliphatic carbocycles. The van der Waals surface area contributed by atoms with Gasteiger partial charge >= 0.3 is 0 Å². The lowest BCUT2D eigenvalue weighted by Crippen LogP contribution is -2.48. The van der Waals surface area contributed by atoms with Crippen molar-refractivity contribution in [3.05, 3.63) is 88.5 Å². The quantitative estimate of drug-likeness (QED) is 0.386. The second-order valence-electron chi connectivity index (χ2n) is 11.7. The van der Waals surface area contributed by atoms with Crippen LogP contribution < -0.4 is 19.9 Å². The predicted octanol–water partition coefficient (Wildman–Crippen LogP) is 6.11. The van der Waals surface area contributed by atoms with Gasteiger partial charge < -0.3 is 25.1 Å². The molecule has 0 bridgehead atoms. The Morgan fingerprint density at radius 2 is 1.11 bits per heavy atom. The second kappa shape index (κ2) is 10.8. The van der Waals surface area contributed by atoms with Crippen molar-refractivity contribution in [1.82, 2.24) is 0 Å². The van der Waals surface area contributed by atoms with Crippen molar-refractivity contribution in [3.63, 3.8) is 0 Å². The molecule has 3 rings (SSSR count). The molecule has 0 saturated carbocycles. The first-order chi connectivity index (χ1) is 17.3. The zero-order valence-electron chi connectivity index (χ0n) is 23.8. The van der Waals surface area contributed by atoms with Gasteiger partial charge in [-0.1, -0.05) is 71.9 Å². The van der Waals surface area contributed by atoms with Crippen molar-refractivity contribution in [2.24, 2.45) is 5.73 Å². The highest BCUT2D eigenvalue weighted by Gasteiger charge is 2.44. The van der Waals surface area contributed by atoms with Crippen LogP contribution in [-0.2, 0) is 22.9 Å². The zero-order valence-corrected chi connectivity index (χ0v) is 23.8. The molecular weight excluding hydrogens is 462 g/mol. The van der Waals surface area contributed by atoms with Gasteiger partial charge in [-0.2, -0.15) is 0 Å². The molecular formula is C32H43NO4. The molecule has 3 N–H and O–H groups in total. The molecule has 3 aromatic carbocycles. The Morgan fingerprint density at radius 3 is 1.51 bits per heavy atom. The summed E-state index contributed by atoms with van der Waals surface area (Å²) in [7, 11) is 4.87. The first kappa shape index (κ1) is 28.5. The first-order valence-corrected chi connectivity index (χ1v) is 12.7. The van der Waals surface area contributed by atoms with Gasteiger partial charge in [-0.25, -0.2) is 0 Å². The van der Waals surface area contributed by atoms with Crippen molar-refractivity contribution in [3.8, 4) is 17.2 Å². The number of hydrogen-bond acceptors (Lipinski definition) is 5. The summed E-state index contributed by atoms with van der Waals surface area (Å²) in [6.45, 7) is 12.9. The topological polar surface area (TPSA) is 73.9 Å². The minimum absolute atomic E-state index is 0.147. The monoisotopic (exact) mass is 505 g/mol. The van der Waals surface area contributed by atoms with E-state index in [1.165, 1.54) is 0 Å². The van der Waals surface area contributed by atoms with Crippen molar-refractivity contribution in [1.29, 1.82) is 0 Å². The molecule has 0 fully saturated rings. The highest BCUT2D eigenvalue weighted by atomic mass is 16.5. The zero-order chi connectivity index (χ0) is 27.6. The summed E-state index contributed by atoms with van der Waals surface area (Å²) in [5, 5.41) is 12.9. The third kappa shape index (κ3) is 5.78. The minimum Gasteiger partial charge on any atom is -0.496 e. The van der Waals surface area contributed by atoms with Crippen LogP contribution in [0.3, 0.4) is 0 Å². The van der Waals surface area contributed by atoms with E-state index in [0.717, 1.165) is 22.4 Å². The predicted molar refractivity (Wildman–Crippen MR) is 151 cm³/mol. The summed E-state index contributed by atoms with van der Waals surface area (Å²) in [5.41, 5.74) is 9.34. The van der Waals surface area contributed by atoms with E-state index in [1.807, 2.05) is 60.7 Å². The van der Waals surface area contributed by atoms with E-state index in [2.05, 4.69) is 41.5 Å². The third-order valence-electron chi connectivity index (χ3n) is 7.12. The number of rotatable bonds is 8. The molecule has 1 unspecified atom stereocenters. The van der Waals surface area contributed by atoms with Crippen LogP contribution in [0.4, 0.5) is 0 Å². The lowest BCUT2D eigenvalue weighted by Gasteiger charge is -2.38. The van der Waals surface area contributed by atoms with E-state index in [1.54, 1.807) is 21.3 Å². The summed E-state index contributed by atoms with van der Waals surface area (Å²) in [5.74, 6) is 1.86. The maximum Gasteiger partial charge on any atom is 0.137 e. The molecule has 0 amide bonds. The van der Waals surface area contributed by atoms with Crippen molar-refractivity contribution < 1.29 is 19.3 Å². The van der Waals surface area contributed by atoms with E-state index >= 15 is 0 Å². The van der Waals surface area contributed by atoms with Gasteiger partial charge in [0.25, 0.3) is 0 Å². The molecule has 0 radical (unpaired) electrons. The molecule has 0 aromatic heterocycles. The summed E-state index contributed by atoms with van der Waals surface area (Å²) < 4.78 is 17.2. The highest BCUT2D eigenvalue weighted by molar-refractivity contribution is 5.55.